The minimum Gasteiger partial charge on any atom is -0.454 e. The fraction of sp³-hybridized carbons (Fsp3) is 0.368. The van der Waals surface area contributed by atoms with Gasteiger partial charge in [0, 0.05) is 27.2 Å². The summed E-state index contributed by atoms with van der Waals surface area (Å²) in [6.07, 6.45) is 0. The number of carbonyl (C=O) groups is 2. The molecule has 1 aliphatic heterocycles. The molecule has 1 fully saturated rings. The van der Waals surface area contributed by atoms with Gasteiger partial charge in [-0.15, -0.1) is 0 Å². The molecule has 0 amide bonds. The summed E-state index contributed by atoms with van der Waals surface area (Å²) in [6, 6.07) is 5.06. The first kappa shape index (κ1) is 23.4. The first-order valence-corrected chi connectivity index (χ1v) is 10.9. The zero-order chi connectivity index (χ0) is 23.6. The Morgan fingerprint density at radius 1 is 1.06 bits per heavy atom. The van der Waals surface area contributed by atoms with Crippen LogP contribution >= 0.6 is 0 Å². The number of hydrogen-bond acceptors (Lipinski definition) is 9. The minimum atomic E-state index is -3.72. The van der Waals surface area contributed by atoms with Crippen LogP contribution in [0.25, 0.3) is 0 Å². The van der Waals surface area contributed by atoms with Crippen LogP contribution in [0.3, 0.4) is 0 Å². The number of morpholine rings is 1. The van der Waals surface area contributed by atoms with E-state index in [1.54, 1.807) is 0 Å². The highest BCUT2D eigenvalue weighted by molar-refractivity contribution is 7.89. The molecule has 2 N–H and O–H groups in total. The third-order valence-electron chi connectivity index (χ3n) is 5.02. The number of anilines is 1. The van der Waals surface area contributed by atoms with Gasteiger partial charge in [-0.3, -0.25) is 18.7 Å². The Hall–Kier alpha value is -3.29. The second kappa shape index (κ2) is 9.06. The molecular weight excluding hydrogens is 444 g/mol. The summed E-state index contributed by atoms with van der Waals surface area (Å²) in [6.45, 7) is 0.301. The Morgan fingerprint density at radius 3 is 2.25 bits per heavy atom. The summed E-state index contributed by atoms with van der Waals surface area (Å²) in [5.41, 5.74) is 3.66. The fourth-order valence-electron chi connectivity index (χ4n) is 3.11. The third kappa shape index (κ3) is 4.35. The van der Waals surface area contributed by atoms with E-state index in [0.29, 0.717) is 13.2 Å². The quantitative estimate of drug-likeness (QED) is 0.404. The maximum atomic E-state index is 12.6. The summed E-state index contributed by atoms with van der Waals surface area (Å²) in [4.78, 5) is 48.8. The SMILES string of the molecule is Cn1c(N)c(C(=O)COC(=O)c2ccc(S(=O)(=O)N3CCOCC3)cc2)c(=O)n(C)c1=O. The molecule has 0 unspecified atom stereocenters. The molecule has 13 heteroatoms. The number of ketones is 1. The van der Waals surface area contributed by atoms with Crippen molar-refractivity contribution in [3.05, 3.63) is 56.2 Å². The Balaban J connectivity index is 1.72. The van der Waals surface area contributed by atoms with E-state index < -0.39 is 45.2 Å². The van der Waals surface area contributed by atoms with E-state index >= 15 is 0 Å². The van der Waals surface area contributed by atoms with Gasteiger partial charge in [-0.1, -0.05) is 0 Å². The normalized spacial score (nSPS) is 14.8. The average molecular weight is 466 g/mol. The van der Waals surface area contributed by atoms with Crippen molar-refractivity contribution in [3.8, 4) is 0 Å². The van der Waals surface area contributed by atoms with Gasteiger partial charge in [-0.25, -0.2) is 18.0 Å². The van der Waals surface area contributed by atoms with Crippen molar-refractivity contribution in [2.75, 3.05) is 38.6 Å². The molecule has 0 atom stereocenters. The lowest BCUT2D eigenvalue weighted by Crippen LogP contribution is -2.42. The zero-order valence-corrected chi connectivity index (χ0v) is 18.3. The van der Waals surface area contributed by atoms with Crippen molar-refractivity contribution < 1.29 is 27.5 Å². The fourth-order valence-corrected chi connectivity index (χ4v) is 4.52. The lowest BCUT2D eigenvalue weighted by molar-refractivity contribution is 0.0474. The van der Waals surface area contributed by atoms with Crippen LogP contribution in [0.2, 0.25) is 0 Å². The highest BCUT2D eigenvalue weighted by Crippen LogP contribution is 2.18. The van der Waals surface area contributed by atoms with Crippen LogP contribution in [0.5, 0.6) is 0 Å². The number of carbonyl (C=O) groups excluding carboxylic acids is 2. The number of nitrogens with zero attached hydrogens (tertiary/aromatic N) is 3. The molecule has 1 aliphatic rings. The van der Waals surface area contributed by atoms with Gasteiger partial charge in [0.15, 0.2) is 6.61 Å². The molecule has 2 heterocycles. The molecule has 1 aromatic carbocycles. The zero-order valence-electron chi connectivity index (χ0n) is 17.4. The molecule has 0 spiro atoms. The van der Waals surface area contributed by atoms with E-state index in [4.69, 9.17) is 15.2 Å². The van der Waals surface area contributed by atoms with Crippen molar-refractivity contribution in [1.29, 1.82) is 0 Å². The van der Waals surface area contributed by atoms with Gasteiger partial charge in [-0.2, -0.15) is 4.31 Å². The maximum absolute atomic E-state index is 12.6. The summed E-state index contributed by atoms with van der Waals surface area (Å²) in [7, 11) is -1.23. The first-order chi connectivity index (χ1) is 15.1. The topological polar surface area (TPSA) is 160 Å². The van der Waals surface area contributed by atoms with Gasteiger partial charge in [0.25, 0.3) is 5.56 Å². The number of rotatable bonds is 6. The van der Waals surface area contributed by atoms with Crippen molar-refractivity contribution in [2.45, 2.75) is 4.90 Å². The van der Waals surface area contributed by atoms with Crippen LogP contribution in [0, 0.1) is 0 Å². The maximum Gasteiger partial charge on any atom is 0.338 e. The number of hydrogen-bond donors (Lipinski definition) is 1. The third-order valence-corrected chi connectivity index (χ3v) is 6.93. The predicted molar refractivity (Wildman–Crippen MR) is 112 cm³/mol. The second-order valence-electron chi connectivity index (χ2n) is 7.01. The minimum absolute atomic E-state index is 0.00787. The largest absolute Gasteiger partial charge is 0.454 e. The number of aromatic nitrogens is 2. The molecule has 0 radical (unpaired) electrons. The van der Waals surface area contributed by atoms with Crippen molar-refractivity contribution in [1.82, 2.24) is 13.4 Å². The molecule has 0 saturated carbocycles. The molecule has 3 rings (SSSR count). The number of nitrogen functional groups attached to an aromatic ring is 1. The highest BCUT2D eigenvalue weighted by atomic mass is 32.2. The lowest BCUT2D eigenvalue weighted by atomic mass is 10.2. The molecule has 32 heavy (non-hydrogen) atoms. The number of esters is 1. The van der Waals surface area contributed by atoms with E-state index in [0.717, 1.165) is 9.13 Å². The van der Waals surface area contributed by atoms with Gasteiger partial charge >= 0.3 is 11.7 Å². The van der Waals surface area contributed by atoms with E-state index in [1.807, 2.05) is 0 Å². The van der Waals surface area contributed by atoms with Crippen molar-refractivity contribution in [3.63, 3.8) is 0 Å². The van der Waals surface area contributed by atoms with Gasteiger partial charge in [0.2, 0.25) is 15.8 Å². The predicted octanol–water partition coefficient (Wildman–Crippen LogP) is -1.27. The van der Waals surface area contributed by atoms with Gasteiger partial charge < -0.3 is 15.2 Å². The monoisotopic (exact) mass is 466 g/mol. The molecular formula is C19H22N4O8S. The van der Waals surface area contributed by atoms with Crippen LogP contribution in [-0.4, -0.2) is 66.5 Å². The number of sulfonamides is 1. The van der Waals surface area contributed by atoms with E-state index in [9.17, 15) is 27.6 Å². The smallest absolute Gasteiger partial charge is 0.338 e. The molecule has 0 bridgehead atoms. The van der Waals surface area contributed by atoms with Gasteiger partial charge in [0.1, 0.15) is 11.4 Å². The first-order valence-electron chi connectivity index (χ1n) is 9.49. The van der Waals surface area contributed by atoms with Crippen molar-refractivity contribution in [2.24, 2.45) is 14.1 Å². The summed E-state index contributed by atoms with van der Waals surface area (Å²) < 4.78 is 38.3. The Labute approximate surface area is 182 Å². The molecule has 2 aromatic rings. The molecule has 172 valence electrons. The van der Waals surface area contributed by atoms with Crippen LogP contribution in [-0.2, 0) is 33.6 Å². The summed E-state index contributed by atoms with van der Waals surface area (Å²) in [5, 5.41) is 0. The average Bonchev–Trinajstić information content (AvgIpc) is 2.80. The Bertz CT molecular complexity index is 1270. The molecule has 12 nitrogen and oxygen atoms in total. The van der Waals surface area contributed by atoms with Crippen LogP contribution in [0.4, 0.5) is 5.82 Å². The lowest BCUT2D eigenvalue weighted by Gasteiger charge is -2.26. The van der Waals surface area contributed by atoms with Crippen LogP contribution < -0.4 is 17.0 Å². The Kier molecular flexibility index (Phi) is 6.62. The van der Waals surface area contributed by atoms with Gasteiger partial charge in [0.05, 0.1) is 23.7 Å². The van der Waals surface area contributed by atoms with E-state index in [1.165, 1.54) is 42.7 Å². The highest BCUT2D eigenvalue weighted by Gasteiger charge is 2.27. The number of benzene rings is 1. The van der Waals surface area contributed by atoms with Crippen LogP contribution in [0.15, 0.2) is 38.8 Å². The number of ether oxygens (including phenoxy) is 2. The standard InChI is InChI=1S/C19H22N4O8S/c1-21-16(20)15(17(25)22(2)19(21)27)14(24)11-31-18(26)12-3-5-13(6-4-12)32(28,29)23-7-9-30-10-8-23/h3-6H,7-11,20H2,1-2H3. The van der Waals surface area contributed by atoms with Gasteiger partial charge in [-0.05, 0) is 24.3 Å². The Morgan fingerprint density at radius 2 is 1.66 bits per heavy atom. The van der Waals surface area contributed by atoms with E-state index in [-0.39, 0.29) is 29.4 Å². The summed E-state index contributed by atoms with van der Waals surface area (Å²) >= 11 is 0. The van der Waals surface area contributed by atoms with E-state index in [2.05, 4.69) is 0 Å². The van der Waals surface area contributed by atoms with Crippen LogP contribution in [0.1, 0.15) is 20.7 Å². The molecule has 0 aliphatic carbocycles. The van der Waals surface area contributed by atoms with Crippen molar-refractivity contribution >= 4 is 27.6 Å². The second-order valence-corrected chi connectivity index (χ2v) is 8.94. The molecule has 1 aromatic heterocycles. The molecule has 1 saturated heterocycles. The number of nitrogens with two attached hydrogens (primary N) is 1. The number of Topliss-reactive ketones (excluding diaryl/α,β-unsaturated/α-hetero) is 1. The summed E-state index contributed by atoms with van der Waals surface area (Å²) in [5.74, 6) is -2.11.